The third-order valence-corrected chi connectivity index (χ3v) is 9.91. The number of piperidine rings is 2. The van der Waals surface area contributed by atoms with Gasteiger partial charge in [0.1, 0.15) is 0 Å². The molecular formula is C36H46ClN3O2. The van der Waals surface area contributed by atoms with Crippen molar-refractivity contribution in [3.05, 3.63) is 107 Å². The lowest BCUT2D eigenvalue weighted by atomic mass is 9.65. The zero-order valence-electron chi connectivity index (χ0n) is 25.0. The summed E-state index contributed by atoms with van der Waals surface area (Å²) in [6.07, 6.45) is 6.78. The van der Waals surface area contributed by atoms with Crippen molar-refractivity contribution >= 4 is 17.6 Å². The van der Waals surface area contributed by atoms with Gasteiger partial charge in [0.25, 0.3) is 0 Å². The van der Waals surface area contributed by atoms with E-state index in [2.05, 4.69) is 70.9 Å². The zero-order valence-corrected chi connectivity index (χ0v) is 25.7. The average Bonchev–Trinajstić information content (AvgIpc) is 3.03. The van der Waals surface area contributed by atoms with Gasteiger partial charge in [-0.3, -0.25) is 0 Å². The van der Waals surface area contributed by atoms with Crippen molar-refractivity contribution in [2.75, 3.05) is 39.3 Å². The lowest BCUT2D eigenvalue weighted by Crippen LogP contribution is -2.45. The van der Waals surface area contributed by atoms with Gasteiger partial charge in [0.05, 0.1) is 5.60 Å². The van der Waals surface area contributed by atoms with Crippen molar-refractivity contribution in [2.24, 2.45) is 5.92 Å². The third kappa shape index (κ3) is 7.19. The van der Waals surface area contributed by atoms with Gasteiger partial charge in [0.2, 0.25) is 0 Å². The molecule has 2 amide bonds. The highest BCUT2D eigenvalue weighted by Gasteiger charge is 2.38. The Labute approximate surface area is 256 Å². The molecule has 0 bridgehead atoms. The number of halogens is 1. The SMILES string of the molecule is CCNC(=O)N1CCC(CC(CCCN2CCC(O)(c3ccc(Cl)cc3)CC2)(c2ccccc2)c2ccccc2)CC1. The number of rotatable bonds is 10. The number of benzene rings is 3. The van der Waals surface area contributed by atoms with Crippen LogP contribution in [-0.4, -0.2) is 60.2 Å². The number of nitrogens with one attached hydrogen (secondary N) is 1. The van der Waals surface area contributed by atoms with Crippen LogP contribution in [0.3, 0.4) is 0 Å². The van der Waals surface area contributed by atoms with Crippen molar-refractivity contribution in [3.63, 3.8) is 0 Å². The van der Waals surface area contributed by atoms with Gasteiger partial charge in [-0.15, -0.1) is 0 Å². The van der Waals surface area contributed by atoms with E-state index in [0.717, 1.165) is 83.2 Å². The molecule has 0 radical (unpaired) electrons. The van der Waals surface area contributed by atoms with E-state index in [1.165, 1.54) is 11.1 Å². The molecule has 0 spiro atoms. The molecule has 5 nitrogen and oxygen atoms in total. The van der Waals surface area contributed by atoms with E-state index in [0.29, 0.717) is 17.5 Å². The van der Waals surface area contributed by atoms with E-state index < -0.39 is 5.60 Å². The fourth-order valence-electron chi connectivity index (χ4n) is 7.20. The number of hydrogen-bond acceptors (Lipinski definition) is 3. The molecule has 0 atom stereocenters. The summed E-state index contributed by atoms with van der Waals surface area (Å²) in [7, 11) is 0. The molecule has 3 aromatic rings. The Balaban J connectivity index is 1.29. The first kappa shape index (κ1) is 30.6. The summed E-state index contributed by atoms with van der Waals surface area (Å²) in [5.74, 6) is 0.556. The van der Waals surface area contributed by atoms with Crippen LogP contribution in [0.5, 0.6) is 0 Å². The van der Waals surface area contributed by atoms with Gasteiger partial charge in [-0.25, -0.2) is 4.79 Å². The van der Waals surface area contributed by atoms with Crippen LogP contribution in [-0.2, 0) is 11.0 Å². The minimum absolute atomic E-state index is 0.0674. The van der Waals surface area contributed by atoms with Crippen LogP contribution in [0, 0.1) is 5.92 Å². The molecule has 2 saturated heterocycles. The second-order valence-electron chi connectivity index (χ2n) is 12.3. The summed E-state index contributed by atoms with van der Waals surface area (Å²) >= 11 is 6.09. The highest BCUT2D eigenvalue weighted by molar-refractivity contribution is 6.30. The molecule has 224 valence electrons. The van der Waals surface area contributed by atoms with E-state index in [-0.39, 0.29) is 11.4 Å². The topological polar surface area (TPSA) is 55.8 Å². The monoisotopic (exact) mass is 587 g/mol. The molecule has 0 aromatic heterocycles. The zero-order chi connectivity index (χ0) is 29.4. The molecule has 0 unspecified atom stereocenters. The molecule has 2 aliphatic rings. The lowest BCUT2D eigenvalue weighted by molar-refractivity contribution is -0.0263. The second kappa shape index (κ2) is 14.1. The number of aliphatic hydroxyl groups is 1. The summed E-state index contributed by atoms with van der Waals surface area (Å²) < 4.78 is 0. The minimum atomic E-state index is -0.776. The Kier molecular flexibility index (Phi) is 10.3. The van der Waals surface area contributed by atoms with Crippen LogP contribution in [0.25, 0.3) is 0 Å². The number of amides is 2. The number of likely N-dealkylation sites (tertiary alicyclic amines) is 2. The van der Waals surface area contributed by atoms with Crippen molar-refractivity contribution in [2.45, 2.75) is 62.9 Å². The maximum atomic E-state index is 12.4. The molecule has 2 aliphatic heterocycles. The normalized spacial score (nSPS) is 18.1. The Hall–Kier alpha value is -2.86. The van der Waals surface area contributed by atoms with Crippen LogP contribution >= 0.6 is 11.6 Å². The van der Waals surface area contributed by atoms with E-state index in [9.17, 15) is 9.90 Å². The van der Waals surface area contributed by atoms with Crippen LogP contribution in [0.15, 0.2) is 84.9 Å². The van der Waals surface area contributed by atoms with Gasteiger partial charge in [-0.2, -0.15) is 0 Å². The fourth-order valence-corrected chi connectivity index (χ4v) is 7.33. The van der Waals surface area contributed by atoms with Crippen molar-refractivity contribution in [1.82, 2.24) is 15.1 Å². The fraction of sp³-hybridized carbons (Fsp3) is 0.472. The maximum absolute atomic E-state index is 12.4. The highest BCUT2D eigenvalue weighted by atomic mass is 35.5. The molecule has 0 aliphatic carbocycles. The lowest BCUT2D eigenvalue weighted by Gasteiger charge is -2.42. The summed E-state index contributed by atoms with van der Waals surface area (Å²) in [6.45, 7) is 7.08. The number of hydrogen-bond donors (Lipinski definition) is 2. The Morgan fingerprint density at radius 3 is 2.02 bits per heavy atom. The standard InChI is InChI=1S/C36H46ClN3O2/c1-2-38-34(41)40-24-18-29(19-25-40)28-35(30-10-5-3-6-11-30,31-12-7-4-8-13-31)20-9-23-39-26-21-36(42,22-27-39)32-14-16-33(37)17-15-32/h3-8,10-17,29,42H,2,9,18-28H2,1H3,(H,38,41). The number of carbonyl (C=O) groups is 1. The summed E-state index contributed by atoms with van der Waals surface area (Å²) in [5, 5.41) is 15.0. The first-order chi connectivity index (χ1) is 20.4. The van der Waals surface area contributed by atoms with Gasteiger partial charge >= 0.3 is 6.03 Å². The molecule has 0 saturated carbocycles. The van der Waals surface area contributed by atoms with Gasteiger partial charge in [0.15, 0.2) is 0 Å². The van der Waals surface area contributed by atoms with E-state index in [1.54, 1.807) is 0 Å². The molecular weight excluding hydrogens is 542 g/mol. The van der Waals surface area contributed by atoms with Crippen molar-refractivity contribution in [1.29, 1.82) is 0 Å². The number of urea groups is 1. The molecule has 42 heavy (non-hydrogen) atoms. The van der Waals surface area contributed by atoms with Crippen LogP contribution in [0.4, 0.5) is 4.79 Å². The van der Waals surface area contributed by atoms with Crippen LogP contribution < -0.4 is 5.32 Å². The van der Waals surface area contributed by atoms with E-state index in [4.69, 9.17) is 11.6 Å². The average molecular weight is 588 g/mol. The number of carbonyl (C=O) groups excluding carboxylic acids is 1. The Morgan fingerprint density at radius 2 is 1.48 bits per heavy atom. The van der Waals surface area contributed by atoms with Gasteiger partial charge in [-0.1, -0.05) is 84.4 Å². The first-order valence-corrected chi connectivity index (χ1v) is 16.1. The first-order valence-electron chi connectivity index (χ1n) is 15.8. The molecule has 3 aromatic carbocycles. The molecule has 2 heterocycles. The van der Waals surface area contributed by atoms with Crippen molar-refractivity contribution < 1.29 is 9.90 Å². The van der Waals surface area contributed by atoms with Gasteiger partial charge in [0, 0.05) is 43.2 Å². The highest BCUT2D eigenvalue weighted by Crippen LogP contribution is 2.44. The van der Waals surface area contributed by atoms with Gasteiger partial charge < -0.3 is 20.2 Å². The third-order valence-electron chi connectivity index (χ3n) is 9.66. The van der Waals surface area contributed by atoms with E-state index in [1.807, 2.05) is 36.1 Å². The van der Waals surface area contributed by atoms with Gasteiger partial charge in [-0.05, 0) is 93.2 Å². The Bertz CT molecular complexity index is 1210. The summed E-state index contributed by atoms with van der Waals surface area (Å²) in [5.41, 5.74) is 2.89. The summed E-state index contributed by atoms with van der Waals surface area (Å²) in [6, 6.07) is 29.9. The quantitative estimate of drug-likeness (QED) is 0.263. The molecule has 2 fully saturated rings. The predicted octanol–water partition coefficient (Wildman–Crippen LogP) is 7.22. The van der Waals surface area contributed by atoms with Crippen LogP contribution in [0.2, 0.25) is 5.02 Å². The molecule has 2 N–H and O–H groups in total. The van der Waals surface area contributed by atoms with Crippen molar-refractivity contribution in [3.8, 4) is 0 Å². The van der Waals surface area contributed by atoms with E-state index >= 15 is 0 Å². The Morgan fingerprint density at radius 1 is 0.905 bits per heavy atom. The predicted molar refractivity (Wildman–Crippen MR) is 172 cm³/mol. The minimum Gasteiger partial charge on any atom is -0.385 e. The second-order valence-corrected chi connectivity index (χ2v) is 12.7. The largest absolute Gasteiger partial charge is 0.385 e. The molecule has 5 rings (SSSR count). The van der Waals surface area contributed by atoms with Crippen LogP contribution in [0.1, 0.15) is 68.6 Å². The maximum Gasteiger partial charge on any atom is 0.317 e. The molecule has 6 heteroatoms. The smallest absolute Gasteiger partial charge is 0.317 e. The number of nitrogens with zero attached hydrogens (tertiary/aromatic N) is 2. The summed E-state index contributed by atoms with van der Waals surface area (Å²) in [4.78, 5) is 17.0.